The van der Waals surface area contributed by atoms with Crippen LogP contribution in [0, 0.1) is 6.92 Å². The number of Topliss-reactive ketones (excluding diaryl/α,β-unsaturated/α-hetero) is 1. The van der Waals surface area contributed by atoms with E-state index in [1.54, 1.807) is 4.68 Å². The van der Waals surface area contributed by atoms with Gasteiger partial charge in [0.1, 0.15) is 0 Å². The van der Waals surface area contributed by atoms with Crippen LogP contribution >= 0.6 is 23.1 Å². The zero-order valence-electron chi connectivity index (χ0n) is 13.8. The van der Waals surface area contributed by atoms with Gasteiger partial charge in [-0.15, -0.1) is 16.4 Å². The van der Waals surface area contributed by atoms with Gasteiger partial charge < -0.3 is 0 Å². The summed E-state index contributed by atoms with van der Waals surface area (Å²) in [5, 5.41) is 12.4. The summed E-state index contributed by atoms with van der Waals surface area (Å²) in [7, 11) is 0. The molecular weight excluding hydrogens is 340 g/mol. The van der Waals surface area contributed by atoms with E-state index in [0.717, 1.165) is 15.4 Å². The summed E-state index contributed by atoms with van der Waals surface area (Å²) in [4.78, 5) is 14.1. The van der Waals surface area contributed by atoms with Crippen LogP contribution in [0.5, 0.6) is 0 Å². The summed E-state index contributed by atoms with van der Waals surface area (Å²) in [5.74, 6) is 0.904. The van der Waals surface area contributed by atoms with Crippen molar-refractivity contribution in [1.82, 2.24) is 20.2 Å². The van der Waals surface area contributed by atoms with Gasteiger partial charge in [-0.05, 0) is 53.1 Å². The average molecular weight is 358 g/mol. The summed E-state index contributed by atoms with van der Waals surface area (Å²) < 4.78 is 1.67. The summed E-state index contributed by atoms with van der Waals surface area (Å²) >= 11 is 2.87. The average Bonchev–Trinajstić information content (AvgIpc) is 3.21. The van der Waals surface area contributed by atoms with Gasteiger partial charge in [0.05, 0.1) is 16.3 Å². The number of thiophene rings is 1. The van der Waals surface area contributed by atoms with Gasteiger partial charge in [0, 0.05) is 4.88 Å². The third-order valence-electron chi connectivity index (χ3n) is 3.59. The van der Waals surface area contributed by atoms with Crippen LogP contribution in [0.1, 0.15) is 39.9 Å². The number of thioether (sulfide) groups is 1. The Labute approximate surface area is 149 Å². The van der Waals surface area contributed by atoms with Gasteiger partial charge in [-0.2, -0.15) is 4.68 Å². The fourth-order valence-corrected chi connectivity index (χ4v) is 3.89. The normalized spacial score (nSPS) is 11.2. The minimum absolute atomic E-state index is 0.0998. The van der Waals surface area contributed by atoms with E-state index in [2.05, 4.69) is 41.5 Å². The molecule has 124 valence electrons. The third-order valence-corrected chi connectivity index (χ3v) is 5.55. The van der Waals surface area contributed by atoms with E-state index in [1.165, 1.54) is 28.7 Å². The van der Waals surface area contributed by atoms with Crippen molar-refractivity contribution in [1.29, 1.82) is 0 Å². The first-order valence-corrected chi connectivity index (χ1v) is 9.46. The quantitative estimate of drug-likeness (QED) is 0.490. The van der Waals surface area contributed by atoms with E-state index in [9.17, 15) is 4.79 Å². The molecule has 0 bridgehead atoms. The zero-order chi connectivity index (χ0) is 17.1. The molecule has 2 aromatic heterocycles. The van der Waals surface area contributed by atoms with Crippen molar-refractivity contribution in [2.24, 2.45) is 0 Å². The van der Waals surface area contributed by atoms with Crippen LogP contribution in [-0.2, 0) is 0 Å². The number of rotatable bonds is 6. The van der Waals surface area contributed by atoms with Crippen LogP contribution < -0.4 is 0 Å². The fraction of sp³-hybridized carbons (Fsp3) is 0.294. The molecule has 0 N–H and O–H groups in total. The van der Waals surface area contributed by atoms with Crippen LogP contribution in [0.4, 0.5) is 0 Å². The van der Waals surface area contributed by atoms with Crippen molar-refractivity contribution < 1.29 is 4.79 Å². The van der Waals surface area contributed by atoms with Crippen molar-refractivity contribution in [3.8, 4) is 5.69 Å². The van der Waals surface area contributed by atoms with Crippen LogP contribution in [0.15, 0.2) is 41.6 Å². The van der Waals surface area contributed by atoms with Crippen molar-refractivity contribution in [2.75, 3.05) is 5.75 Å². The van der Waals surface area contributed by atoms with Crippen molar-refractivity contribution in [3.63, 3.8) is 0 Å². The molecule has 24 heavy (non-hydrogen) atoms. The largest absolute Gasteiger partial charge is 0.292 e. The topological polar surface area (TPSA) is 60.7 Å². The molecule has 0 aliphatic rings. The second-order valence-electron chi connectivity index (χ2n) is 5.74. The second-order valence-corrected chi connectivity index (χ2v) is 7.97. The Morgan fingerprint density at radius 3 is 2.58 bits per heavy atom. The molecule has 3 rings (SSSR count). The molecule has 0 fully saturated rings. The highest BCUT2D eigenvalue weighted by atomic mass is 32.2. The molecule has 0 aliphatic heterocycles. The molecule has 0 radical (unpaired) electrons. The molecule has 7 heteroatoms. The molecule has 0 saturated carbocycles. The lowest BCUT2D eigenvalue weighted by Crippen LogP contribution is -2.03. The number of carbonyl (C=O) groups is 1. The van der Waals surface area contributed by atoms with Crippen LogP contribution in [0.2, 0.25) is 0 Å². The lowest BCUT2D eigenvalue weighted by atomic mass is 10.0. The molecule has 0 spiro atoms. The molecule has 3 aromatic rings. The lowest BCUT2D eigenvalue weighted by Gasteiger charge is -2.07. The molecule has 1 aromatic carbocycles. The first-order valence-electron chi connectivity index (χ1n) is 7.65. The molecule has 0 unspecified atom stereocenters. The predicted molar refractivity (Wildman–Crippen MR) is 97.4 cm³/mol. The van der Waals surface area contributed by atoms with Crippen molar-refractivity contribution in [3.05, 3.63) is 51.7 Å². The van der Waals surface area contributed by atoms with E-state index < -0.39 is 0 Å². The number of aromatic nitrogens is 4. The molecule has 2 heterocycles. The summed E-state index contributed by atoms with van der Waals surface area (Å²) in [6.07, 6.45) is 0. The monoisotopic (exact) mass is 358 g/mol. The van der Waals surface area contributed by atoms with Gasteiger partial charge in [-0.1, -0.05) is 37.7 Å². The number of aryl methyl sites for hydroxylation is 1. The summed E-state index contributed by atoms with van der Waals surface area (Å²) in [6.45, 7) is 6.31. The maximum absolute atomic E-state index is 12.2. The molecule has 0 amide bonds. The molecule has 5 nitrogen and oxygen atoms in total. The number of carbonyl (C=O) groups excluding carboxylic acids is 1. The number of nitrogens with zero attached hydrogens (tertiary/aromatic N) is 4. The fourth-order valence-electron chi connectivity index (χ4n) is 2.22. The first-order chi connectivity index (χ1) is 11.5. The Morgan fingerprint density at radius 1 is 1.21 bits per heavy atom. The Hall–Kier alpha value is -1.99. The highest BCUT2D eigenvalue weighted by molar-refractivity contribution is 7.99. The molecule has 0 atom stereocenters. The van der Waals surface area contributed by atoms with Gasteiger partial charge in [-0.25, -0.2) is 0 Å². The van der Waals surface area contributed by atoms with Crippen LogP contribution in [-0.4, -0.2) is 31.7 Å². The van der Waals surface area contributed by atoms with Gasteiger partial charge >= 0.3 is 0 Å². The number of hydrogen-bond donors (Lipinski definition) is 0. The number of hydrogen-bond acceptors (Lipinski definition) is 6. The Balaban J connectivity index is 1.72. The van der Waals surface area contributed by atoms with E-state index in [0.29, 0.717) is 16.8 Å². The minimum atomic E-state index is 0.0998. The number of benzene rings is 1. The third kappa shape index (κ3) is 3.73. The maximum atomic E-state index is 12.2. The van der Waals surface area contributed by atoms with Crippen LogP contribution in [0.25, 0.3) is 5.69 Å². The Kier molecular flexibility index (Phi) is 5.11. The molecular formula is C17H18N4OS2. The van der Waals surface area contributed by atoms with E-state index in [4.69, 9.17) is 0 Å². The predicted octanol–water partition coefficient (Wildman–Crippen LogP) is 4.13. The Morgan fingerprint density at radius 2 is 1.96 bits per heavy atom. The number of ketones is 1. The molecule has 0 saturated heterocycles. The van der Waals surface area contributed by atoms with Gasteiger partial charge in [0.15, 0.2) is 5.78 Å². The SMILES string of the molecule is Cc1ccc(C(=O)CSc2nnnn2-c2ccc(C(C)C)cc2)s1. The summed E-state index contributed by atoms with van der Waals surface area (Å²) in [6, 6.07) is 12.0. The summed E-state index contributed by atoms with van der Waals surface area (Å²) in [5.41, 5.74) is 2.16. The minimum Gasteiger partial charge on any atom is -0.292 e. The van der Waals surface area contributed by atoms with E-state index in [-0.39, 0.29) is 5.78 Å². The first kappa shape index (κ1) is 16.9. The second kappa shape index (κ2) is 7.27. The Bertz CT molecular complexity index is 836. The smallest absolute Gasteiger partial charge is 0.214 e. The molecule has 0 aliphatic carbocycles. The maximum Gasteiger partial charge on any atom is 0.214 e. The zero-order valence-corrected chi connectivity index (χ0v) is 15.4. The van der Waals surface area contributed by atoms with E-state index >= 15 is 0 Å². The highest BCUT2D eigenvalue weighted by Crippen LogP contribution is 2.23. The van der Waals surface area contributed by atoms with Gasteiger partial charge in [0.2, 0.25) is 5.16 Å². The number of tetrazole rings is 1. The van der Waals surface area contributed by atoms with Crippen molar-refractivity contribution >= 4 is 28.9 Å². The lowest BCUT2D eigenvalue weighted by molar-refractivity contribution is 0.102. The standard InChI is InChI=1S/C17H18N4OS2/c1-11(2)13-5-7-14(8-6-13)21-17(18-19-20-21)23-10-15(22)16-9-4-12(3)24-16/h4-9,11H,10H2,1-3H3. The van der Waals surface area contributed by atoms with Gasteiger partial charge in [-0.3, -0.25) is 4.79 Å². The van der Waals surface area contributed by atoms with Crippen molar-refractivity contribution in [2.45, 2.75) is 31.8 Å². The van der Waals surface area contributed by atoms with E-state index in [1.807, 2.05) is 31.2 Å². The van der Waals surface area contributed by atoms with Gasteiger partial charge in [0.25, 0.3) is 0 Å². The van der Waals surface area contributed by atoms with Crippen LogP contribution in [0.3, 0.4) is 0 Å². The highest BCUT2D eigenvalue weighted by Gasteiger charge is 2.14.